The van der Waals surface area contributed by atoms with Crippen molar-refractivity contribution in [2.75, 3.05) is 0 Å². The van der Waals surface area contributed by atoms with E-state index in [9.17, 15) is 19.8 Å². The van der Waals surface area contributed by atoms with Crippen LogP contribution in [0, 0.1) is 0 Å². The molecule has 52 valence electrons. The monoisotopic (exact) mass is 170 g/mol. The maximum atomic E-state index is 9.71. The van der Waals surface area contributed by atoms with Crippen molar-refractivity contribution in [3.8, 4) is 0 Å². The van der Waals surface area contributed by atoms with Gasteiger partial charge in [-0.25, -0.2) is 0 Å². The Morgan fingerprint density at radius 3 is 1.90 bits per heavy atom. The van der Waals surface area contributed by atoms with E-state index >= 15 is 0 Å². The van der Waals surface area contributed by atoms with Crippen LogP contribution in [0.5, 0.6) is 0 Å². The third-order valence-corrected chi connectivity index (χ3v) is 0.689. The number of hydrogen-bond donors (Lipinski definition) is 1. The molecule has 10 heavy (non-hydrogen) atoms. The summed E-state index contributed by atoms with van der Waals surface area (Å²) in [4.78, 5) is 19.3. The van der Waals surface area contributed by atoms with E-state index < -0.39 is 24.4 Å². The van der Waals surface area contributed by atoms with Crippen molar-refractivity contribution in [2.24, 2.45) is 5.73 Å². The summed E-state index contributed by atoms with van der Waals surface area (Å²) in [7, 11) is 0. The molecule has 0 aliphatic carbocycles. The number of carbonyl (C=O) groups excluding carboxylic acids is 2. The van der Waals surface area contributed by atoms with Gasteiger partial charge in [0.1, 0.15) is 0 Å². The molecule has 5 nitrogen and oxygen atoms in total. The Balaban J connectivity index is 0. The first kappa shape index (κ1) is 13.1. The van der Waals surface area contributed by atoms with E-state index in [-0.39, 0.29) is 51.4 Å². The van der Waals surface area contributed by atoms with Gasteiger partial charge in [-0.15, -0.1) is 0 Å². The largest absolute Gasteiger partial charge is 1.00 e. The number of carboxylic acids is 2. The van der Waals surface area contributed by atoms with Crippen molar-refractivity contribution in [2.45, 2.75) is 12.5 Å². The van der Waals surface area contributed by atoms with Crippen molar-refractivity contribution in [1.82, 2.24) is 0 Å². The van der Waals surface area contributed by atoms with Gasteiger partial charge >= 0.3 is 51.4 Å². The number of aliphatic carboxylic acids is 2. The van der Waals surface area contributed by atoms with Gasteiger partial charge in [0, 0.05) is 18.4 Å². The second kappa shape index (κ2) is 6.26. The normalized spacial score (nSPS) is 11.3. The minimum absolute atomic E-state index is 0. The molecule has 6 heteroatoms. The van der Waals surface area contributed by atoms with Crippen molar-refractivity contribution in [1.29, 1.82) is 0 Å². The molecular formula is C4H5KNO4-. The molecule has 2 N–H and O–H groups in total. The zero-order valence-electron chi connectivity index (χ0n) is 5.49. The van der Waals surface area contributed by atoms with Crippen LogP contribution in [0.2, 0.25) is 0 Å². The molecule has 1 atom stereocenters. The minimum Gasteiger partial charge on any atom is -0.550 e. The fraction of sp³-hybridized carbons (Fsp3) is 0.500. The quantitative estimate of drug-likeness (QED) is 0.424. The Morgan fingerprint density at radius 1 is 1.40 bits per heavy atom. The van der Waals surface area contributed by atoms with Gasteiger partial charge in [-0.3, -0.25) is 0 Å². The van der Waals surface area contributed by atoms with Gasteiger partial charge in [-0.1, -0.05) is 0 Å². The molecule has 0 saturated heterocycles. The van der Waals surface area contributed by atoms with Crippen molar-refractivity contribution < 1.29 is 71.2 Å². The molecule has 0 fully saturated rings. The second-order valence-corrected chi connectivity index (χ2v) is 1.50. The summed E-state index contributed by atoms with van der Waals surface area (Å²) in [5, 5.41) is 19.3. The van der Waals surface area contributed by atoms with Crippen LogP contribution in [0.1, 0.15) is 6.42 Å². The molecule has 0 unspecified atom stereocenters. The van der Waals surface area contributed by atoms with Gasteiger partial charge in [0.25, 0.3) is 0 Å². The summed E-state index contributed by atoms with van der Waals surface area (Å²) in [6, 6.07) is -1.46. The average molecular weight is 170 g/mol. The first-order chi connectivity index (χ1) is 4.04. The van der Waals surface area contributed by atoms with E-state index in [2.05, 4.69) is 0 Å². The number of nitrogens with two attached hydrogens (primary N) is 1. The first-order valence-electron chi connectivity index (χ1n) is 2.20. The maximum absolute atomic E-state index is 9.71. The van der Waals surface area contributed by atoms with Crippen LogP contribution in [0.3, 0.4) is 0 Å². The number of carboxylic acid groups (broad SMARTS) is 2. The molecule has 0 saturated carbocycles. The summed E-state index contributed by atoms with van der Waals surface area (Å²) < 4.78 is 0. The third kappa shape index (κ3) is 6.65. The molecule has 0 aromatic rings. The molecule has 0 aliphatic rings. The Hall–Kier alpha value is 0.536. The van der Waals surface area contributed by atoms with Gasteiger partial charge in [0.2, 0.25) is 0 Å². The van der Waals surface area contributed by atoms with Gasteiger partial charge in [-0.2, -0.15) is 0 Å². The second-order valence-electron chi connectivity index (χ2n) is 1.50. The molecule has 0 rings (SSSR count). The van der Waals surface area contributed by atoms with Crippen LogP contribution >= 0.6 is 0 Å². The van der Waals surface area contributed by atoms with Crippen LogP contribution in [-0.2, 0) is 9.59 Å². The summed E-state index contributed by atoms with van der Waals surface area (Å²) in [6.45, 7) is 0. The maximum Gasteiger partial charge on any atom is 1.00 e. The smallest absolute Gasteiger partial charge is 0.550 e. The zero-order chi connectivity index (χ0) is 7.44. The zero-order valence-corrected chi connectivity index (χ0v) is 8.62. The molecule has 0 radical (unpaired) electrons. The number of hydrogen-bond acceptors (Lipinski definition) is 5. The van der Waals surface area contributed by atoms with E-state index in [1.807, 2.05) is 0 Å². The summed E-state index contributed by atoms with van der Waals surface area (Å²) in [6.07, 6.45) is -0.706. The van der Waals surface area contributed by atoms with Crippen molar-refractivity contribution in [3.05, 3.63) is 0 Å². The predicted octanol–water partition coefficient (Wildman–Crippen LogP) is -6.79. The van der Waals surface area contributed by atoms with Crippen LogP contribution in [0.15, 0.2) is 0 Å². The van der Waals surface area contributed by atoms with Crippen LogP contribution in [0.25, 0.3) is 0 Å². The van der Waals surface area contributed by atoms with Gasteiger partial charge in [-0.05, 0) is 0 Å². The van der Waals surface area contributed by atoms with Gasteiger partial charge < -0.3 is 25.5 Å². The summed E-state index contributed by atoms with van der Waals surface area (Å²) in [5.41, 5.74) is 4.73. The van der Waals surface area contributed by atoms with Crippen LogP contribution in [-0.4, -0.2) is 18.0 Å². The topological polar surface area (TPSA) is 106 Å². The van der Waals surface area contributed by atoms with E-state index in [1.165, 1.54) is 0 Å². The molecule has 0 aliphatic heterocycles. The standard InChI is InChI=1S/C4H7NO4.K/c5-2(4(8)9)1-3(6)7;/h2H,1,5H2,(H,6,7)(H,8,9);/q;+1/p-2/t2-;/m0./s1. The average Bonchev–Trinajstić information content (AvgIpc) is 1.63. The fourth-order valence-corrected chi connectivity index (χ4v) is 0.263. The predicted molar refractivity (Wildman–Crippen MR) is 22.6 cm³/mol. The molecule has 0 aromatic heterocycles. The molecule has 0 spiro atoms. The van der Waals surface area contributed by atoms with Gasteiger partial charge in [0.15, 0.2) is 0 Å². The van der Waals surface area contributed by atoms with Crippen LogP contribution in [0.4, 0.5) is 0 Å². The summed E-state index contributed by atoms with van der Waals surface area (Å²) in [5.74, 6) is -3.08. The van der Waals surface area contributed by atoms with E-state index in [0.29, 0.717) is 0 Å². The van der Waals surface area contributed by atoms with E-state index in [1.54, 1.807) is 0 Å². The minimum atomic E-state index is -1.58. The van der Waals surface area contributed by atoms with Crippen molar-refractivity contribution >= 4 is 11.9 Å². The fourth-order valence-electron chi connectivity index (χ4n) is 0.263. The molecule has 0 amide bonds. The Morgan fingerprint density at radius 2 is 1.80 bits per heavy atom. The molecule has 0 bridgehead atoms. The molecule has 0 aromatic carbocycles. The summed E-state index contributed by atoms with van der Waals surface area (Å²) >= 11 is 0. The van der Waals surface area contributed by atoms with Gasteiger partial charge in [0.05, 0.1) is 5.97 Å². The Labute approximate surface area is 100 Å². The molecule has 0 heterocycles. The number of rotatable bonds is 3. The Kier molecular flexibility index (Phi) is 8.23. The SMILES string of the molecule is N[C@@H](CC(=O)[O-])C(=O)[O-].[K+]. The first-order valence-corrected chi connectivity index (χ1v) is 2.20. The van der Waals surface area contributed by atoms with Crippen LogP contribution < -0.4 is 67.3 Å². The molecular weight excluding hydrogens is 165 g/mol. The van der Waals surface area contributed by atoms with E-state index in [4.69, 9.17) is 5.73 Å². The number of carbonyl (C=O) groups is 2. The van der Waals surface area contributed by atoms with Crippen molar-refractivity contribution in [3.63, 3.8) is 0 Å². The Bertz CT molecular complexity index is 137. The third-order valence-electron chi connectivity index (χ3n) is 0.689. The van der Waals surface area contributed by atoms with E-state index in [0.717, 1.165) is 0 Å².